The van der Waals surface area contributed by atoms with Crippen molar-refractivity contribution < 1.29 is 4.39 Å². The van der Waals surface area contributed by atoms with Gasteiger partial charge in [-0.3, -0.25) is 0 Å². The molecule has 0 spiro atoms. The number of hydrogen-bond acceptors (Lipinski definition) is 1. The molecular weight excluding hydrogens is 117 g/mol. The van der Waals surface area contributed by atoms with Gasteiger partial charge in [0.05, 0.1) is 0 Å². The molecule has 2 heteroatoms. The minimum Gasteiger partial charge on any atom is -0.228 e. The zero-order valence-corrected chi connectivity index (χ0v) is 5.69. The average molecular weight is 127 g/mol. The Bertz CT molecular complexity index is 152. The van der Waals surface area contributed by atoms with Gasteiger partial charge in [-0.15, -0.1) is 0 Å². The summed E-state index contributed by atoms with van der Waals surface area (Å²) in [5, 5.41) is 0. The molecule has 9 heavy (non-hydrogen) atoms. The van der Waals surface area contributed by atoms with Crippen LogP contribution in [0.5, 0.6) is 0 Å². The van der Waals surface area contributed by atoms with Gasteiger partial charge < -0.3 is 0 Å². The summed E-state index contributed by atoms with van der Waals surface area (Å²) >= 11 is 0. The molecule has 0 aromatic carbocycles. The highest BCUT2D eigenvalue weighted by Gasteiger charge is 1.88. The van der Waals surface area contributed by atoms with Crippen molar-refractivity contribution in [3.05, 3.63) is 24.2 Å². The summed E-state index contributed by atoms with van der Waals surface area (Å²) in [6.07, 6.45) is 2.75. The topological polar surface area (TPSA) is 12.4 Å². The van der Waals surface area contributed by atoms with E-state index in [1.165, 1.54) is 12.3 Å². The molecule has 0 saturated carbocycles. The van der Waals surface area contributed by atoms with E-state index in [1.807, 2.05) is 0 Å². The standard InChI is InChI=1S/C7H10FN/c1-4-5-9-7(8)6(2)3/h4-5H,1H2,2-3H3/b9-5-. The van der Waals surface area contributed by atoms with Crippen molar-refractivity contribution in [2.24, 2.45) is 4.99 Å². The van der Waals surface area contributed by atoms with Gasteiger partial charge in [0.15, 0.2) is 0 Å². The highest BCUT2D eigenvalue weighted by molar-refractivity contribution is 5.71. The van der Waals surface area contributed by atoms with Crippen molar-refractivity contribution in [3.8, 4) is 0 Å². The molecule has 50 valence electrons. The lowest BCUT2D eigenvalue weighted by Crippen LogP contribution is -1.72. The molecule has 0 aromatic heterocycles. The maximum Gasteiger partial charge on any atom is 0.211 e. The first-order valence-corrected chi connectivity index (χ1v) is 2.66. The Morgan fingerprint density at radius 3 is 2.44 bits per heavy atom. The second-order valence-electron chi connectivity index (χ2n) is 1.80. The van der Waals surface area contributed by atoms with Crippen molar-refractivity contribution in [3.63, 3.8) is 0 Å². The number of nitrogens with zero attached hydrogens (tertiary/aromatic N) is 1. The molecule has 0 fully saturated rings. The van der Waals surface area contributed by atoms with Gasteiger partial charge in [0.2, 0.25) is 5.95 Å². The molecule has 0 aromatic rings. The summed E-state index contributed by atoms with van der Waals surface area (Å²) in [6.45, 7) is 6.68. The lowest BCUT2D eigenvalue weighted by atomic mass is 10.4. The minimum atomic E-state index is -0.435. The molecule has 0 aliphatic rings. The number of allylic oxidation sites excluding steroid dienone is 2. The Kier molecular flexibility index (Phi) is 3.60. The molecule has 0 amide bonds. The van der Waals surface area contributed by atoms with E-state index < -0.39 is 5.95 Å². The summed E-state index contributed by atoms with van der Waals surface area (Å²) in [4.78, 5) is 3.41. The first kappa shape index (κ1) is 8.08. The summed E-state index contributed by atoms with van der Waals surface area (Å²) in [6, 6.07) is 0. The fraction of sp³-hybridized carbons (Fsp3) is 0.286. The molecule has 0 aliphatic carbocycles. The third kappa shape index (κ3) is 3.64. The van der Waals surface area contributed by atoms with Crippen molar-refractivity contribution in [1.29, 1.82) is 0 Å². The summed E-state index contributed by atoms with van der Waals surface area (Å²) in [5.41, 5.74) is 0.577. The largest absolute Gasteiger partial charge is 0.228 e. The lowest BCUT2D eigenvalue weighted by Gasteiger charge is -1.86. The third-order valence-electron chi connectivity index (χ3n) is 0.706. The predicted octanol–water partition coefficient (Wildman–Crippen LogP) is 2.46. The summed E-state index contributed by atoms with van der Waals surface area (Å²) < 4.78 is 12.3. The first-order chi connectivity index (χ1) is 4.18. The summed E-state index contributed by atoms with van der Waals surface area (Å²) in [7, 11) is 0. The predicted molar refractivity (Wildman–Crippen MR) is 38.2 cm³/mol. The van der Waals surface area contributed by atoms with E-state index in [2.05, 4.69) is 11.6 Å². The van der Waals surface area contributed by atoms with Gasteiger partial charge in [-0.05, 0) is 19.4 Å². The Hall–Kier alpha value is -0.920. The number of aliphatic imine (C=N–C) groups is 1. The molecular formula is C7H10FN. The van der Waals surface area contributed by atoms with Crippen LogP contribution in [0.2, 0.25) is 0 Å². The van der Waals surface area contributed by atoms with E-state index in [-0.39, 0.29) is 0 Å². The van der Waals surface area contributed by atoms with Crippen LogP contribution in [0.1, 0.15) is 13.8 Å². The van der Waals surface area contributed by atoms with E-state index in [0.29, 0.717) is 5.57 Å². The maximum atomic E-state index is 12.3. The van der Waals surface area contributed by atoms with Crippen LogP contribution in [0.25, 0.3) is 0 Å². The van der Waals surface area contributed by atoms with Gasteiger partial charge in [-0.2, -0.15) is 4.39 Å². The fourth-order valence-electron chi connectivity index (χ4n) is 0.247. The molecule has 0 aliphatic heterocycles. The second kappa shape index (κ2) is 4.01. The van der Waals surface area contributed by atoms with Gasteiger partial charge in [0, 0.05) is 6.21 Å². The molecule has 0 atom stereocenters. The lowest BCUT2D eigenvalue weighted by molar-refractivity contribution is 0.617. The van der Waals surface area contributed by atoms with Crippen molar-refractivity contribution >= 4 is 6.21 Å². The van der Waals surface area contributed by atoms with Gasteiger partial charge in [-0.25, -0.2) is 4.99 Å². The quantitative estimate of drug-likeness (QED) is 0.399. The normalized spacial score (nSPS) is 9.67. The van der Waals surface area contributed by atoms with Gasteiger partial charge in [0.25, 0.3) is 0 Å². The Morgan fingerprint density at radius 1 is 1.56 bits per heavy atom. The van der Waals surface area contributed by atoms with Crippen LogP contribution in [0.15, 0.2) is 29.2 Å². The van der Waals surface area contributed by atoms with E-state index in [4.69, 9.17) is 0 Å². The Labute approximate surface area is 54.6 Å². The molecule has 0 N–H and O–H groups in total. The van der Waals surface area contributed by atoms with Crippen molar-refractivity contribution in [2.75, 3.05) is 0 Å². The van der Waals surface area contributed by atoms with Crippen LogP contribution in [0.4, 0.5) is 4.39 Å². The van der Waals surface area contributed by atoms with Crippen LogP contribution < -0.4 is 0 Å². The van der Waals surface area contributed by atoms with Gasteiger partial charge in [0.1, 0.15) is 0 Å². The number of rotatable bonds is 2. The molecule has 0 rings (SSSR count). The van der Waals surface area contributed by atoms with Crippen LogP contribution in [0, 0.1) is 0 Å². The molecule has 0 unspecified atom stereocenters. The Morgan fingerprint density at radius 2 is 2.11 bits per heavy atom. The number of halogens is 1. The monoisotopic (exact) mass is 127 g/mol. The third-order valence-corrected chi connectivity index (χ3v) is 0.706. The van der Waals surface area contributed by atoms with Gasteiger partial charge >= 0.3 is 0 Å². The fourth-order valence-corrected chi connectivity index (χ4v) is 0.247. The SMILES string of the molecule is C=C/C=N\C(F)=C(C)C. The second-order valence-corrected chi connectivity index (χ2v) is 1.80. The molecule has 0 saturated heterocycles. The first-order valence-electron chi connectivity index (χ1n) is 2.66. The highest BCUT2D eigenvalue weighted by atomic mass is 19.1. The maximum absolute atomic E-state index is 12.3. The van der Waals surface area contributed by atoms with E-state index in [9.17, 15) is 4.39 Å². The van der Waals surface area contributed by atoms with Crippen LogP contribution in [-0.4, -0.2) is 6.21 Å². The van der Waals surface area contributed by atoms with E-state index in [0.717, 1.165) is 0 Å². The smallest absolute Gasteiger partial charge is 0.211 e. The summed E-state index contributed by atoms with van der Waals surface area (Å²) in [5.74, 6) is -0.435. The minimum absolute atomic E-state index is 0.435. The zero-order chi connectivity index (χ0) is 7.28. The molecule has 0 heterocycles. The van der Waals surface area contributed by atoms with Crippen LogP contribution in [0.3, 0.4) is 0 Å². The van der Waals surface area contributed by atoms with Gasteiger partial charge in [-0.1, -0.05) is 12.7 Å². The molecule has 0 bridgehead atoms. The van der Waals surface area contributed by atoms with E-state index in [1.54, 1.807) is 13.8 Å². The zero-order valence-electron chi connectivity index (χ0n) is 5.69. The van der Waals surface area contributed by atoms with Crippen LogP contribution in [-0.2, 0) is 0 Å². The van der Waals surface area contributed by atoms with Crippen molar-refractivity contribution in [1.82, 2.24) is 0 Å². The van der Waals surface area contributed by atoms with Crippen molar-refractivity contribution in [2.45, 2.75) is 13.8 Å². The molecule has 1 nitrogen and oxygen atoms in total. The van der Waals surface area contributed by atoms with E-state index >= 15 is 0 Å². The number of hydrogen-bond donors (Lipinski definition) is 0. The Balaban J connectivity index is 4.06. The average Bonchev–Trinajstić information content (AvgIpc) is 1.82. The van der Waals surface area contributed by atoms with Crippen LogP contribution >= 0.6 is 0 Å². The highest BCUT2D eigenvalue weighted by Crippen LogP contribution is 2.04. The molecule has 0 radical (unpaired) electrons.